The van der Waals surface area contributed by atoms with Crippen LogP contribution in [0.25, 0.3) is 5.69 Å². The van der Waals surface area contributed by atoms with E-state index in [-0.39, 0.29) is 0 Å². The largest absolute Gasteiger partial charge is 0.377 e. The van der Waals surface area contributed by atoms with Gasteiger partial charge in [-0.2, -0.15) is 0 Å². The molecule has 3 aromatic rings. The molecule has 0 amide bonds. The predicted octanol–water partition coefficient (Wildman–Crippen LogP) is 5.10. The van der Waals surface area contributed by atoms with Crippen LogP contribution in [0.2, 0.25) is 0 Å². The van der Waals surface area contributed by atoms with Crippen molar-refractivity contribution in [3.8, 4) is 5.69 Å². The van der Waals surface area contributed by atoms with E-state index in [1.807, 2.05) is 23.5 Å². The van der Waals surface area contributed by atoms with Crippen molar-refractivity contribution in [1.29, 1.82) is 0 Å². The molecule has 0 aliphatic rings. The molecule has 1 aromatic carbocycles. The Morgan fingerprint density at radius 1 is 1.10 bits per heavy atom. The van der Waals surface area contributed by atoms with Crippen molar-refractivity contribution in [3.63, 3.8) is 0 Å². The van der Waals surface area contributed by atoms with E-state index in [0.29, 0.717) is 6.04 Å². The van der Waals surface area contributed by atoms with Crippen molar-refractivity contribution in [1.82, 2.24) is 4.57 Å². The van der Waals surface area contributed by atoms with Gasteiger partial charge in [-0.1, -0.05) is 19.1 Å². The summed E-state index contributed by atoms with van der Waals surface area (Å²) >= 11 is 1.81. The van der Waals surface area contributed by atoms with E-state index in [1.165, 1.54) is 10.6 Å². The fraction of sp³-hybridized carbons (Fsp3) is 0.176. The number of nitrogens with zero attached hydrogens (tertiary/aromatic N) is 1. The Bertz CT molecular complexity index is 641. The van der Waals surface area contributed by atoms with Crippen LogP contribution in [0.3, 0.4) is 0 Å². The first-order valence-corrected chi connectivity index (χ1v) is 7.78. The second-order valence-electron chi connectivity index (χ2n) is 4.76. The van der Waals surface area contributed by atoms with Gasteiger partial charge in [0.05, 0.1) is 6.04 Å². The number of nitrogens with one attached hydrogen (secondary N) is 1. The number of benzene rings is 1. The molecule has 20 heavy (non-hydrogen) atoms. The van der Waals surface area contributed by atoms with Gasteiger partial charge in [-0.3, -0.25) is 0 Å². The van der Waals surface area contributed by atoms with Crippen molar-refractivity contribution in [2.24, 2.45) is 0 Å². The Balaban J connectivity index is 1.82. The van der Waals surface area contributed by atoms with Crippen LogP contribution in [0, 0.1) is 0 Å². The lowest BCUT2D eigenvalue weighted by molar-refractivity contribution is 0.764. The normalized spacial score (nSPS) is 12.2. The van der Waals surface area contributed by atoms with E-state index in [4.69, 9.17) is 0 Å². The highest BCUT2D eigenvalue weighted by Gasteiger charge is 2.10. The highest BCUT2D eigenvalue weighted by atomic mass is 32.1. The fourth-order valence-corrected chi connectivity index (χ4v) is 3.19. The van der Waals surface area contributed by atoms with Gasteiger partial charge in [0, 0.05) is 28.6 Å². The van der Waals surface area contributed by atoms with Crippen molar-refractivity contribution < 1.29 is 0 Å². The second-order valence-corrected chi connectivity index (χ2v) is 5.74. The summed E-state index contributed by atoms with van der Waals surface area (Å²) in [5.74, 6) is 0. The van der Waals surface area contributed by atoms with Crippen LogP contribution in [0.15, 0.2) is 66.3 Å². The average molecular weight is 282 g/mol. The summed E-state index contributed by atoms with van der Waals surface area (Å²) in [5.41, 5.74) is 2.34. The van der Waals surface area contributed by atoms with Crippen molar-refractivity contribution in [3.05, 3.63) is 71.2 Å². The van der Waals surface area contributed by atoms with E-state index in [0.717, 1.165) is 12.1 Å². The SMILES string of the molecule is CCC(Nc1cccc(-n2cccc2)c1)c1cccs1. The van der Waals surface area contributed by atoms with Gasteiger partial charge in [0.25, 0.3) is 0 Å². The summed E-state index contributed by atoms with van der Waals surface area (Å²) in [4.78, 5) is 1.39. The van der Waals surface area contributed by atoms with Crippen molar-refractivity contribution >= 4 is 17.0 Å². The molecule has 0 saturated heterocycles. The molecule has 0 saturated carbocycles. The molecule has 0 bridgehead atoms. The maximum atomic E-state index is 3.63. The van der Waals surface area contributed by atoms with Crippen molar-refractivity contribution in [2.45, 2.75) is 19.4 Å². The van der Waals surface area contributed by atoms with Crippen LogP contribution < -0.4 is 5.32 Å². The van der Waals surface area contributed by atoms with Crippen LogP contribution in [-0.2, 0) is 0 Å². The summed E-state index contributed by atoms with van der Waals surface area (Å²) in [5, 5.41) is 5.77. The molecule has 2 heterocycles. The maximum absolute atomic E-state index is 3.63. The van der Waals surface area contributed by atoms with E-state index in [1.54, 1.807) is 0 Å². The monoisotopic (exact) mass is 282 g/mol. The molecule has 3 heteroatoms. The summed E-state index contributed by atoms with van der Waals surface area (Å²) in [7, 11) is 0. The number of hydrogen-bond donors (Lipinski definition) is 1. The van der Waals surface area contributed by atoms with Crippen LogP contribution in [-0.4, -0.2) is 4.57 Å². The number of hydrogen-bond acceptors (Lipinski definition) is 2. The quantitative estimate of drug-likeness (QED) is 0.688. The Kier molecular flexibility index (Phi) is 3.88. The van der Waals surface area contributed by atoms with Gasteiger partial charge >= 0.3 is 0 Å². The number of aromatic nitrogens is 1. The Morgan fingerprint density at radius 2 is 1.95 bits per heavy atom. The van der Waals surface area contributed by atoms with Gasteiger partial charge in [0.1, 0.15) is 0 Å². The van der Waals surface area contributed by atoms with E-state index >= 15 is 0 Å². The zero-order chi connectivity index (χ0) is 13.8. The third kappa shape index (κ3) is 2.78. The molecule has 1 unspecified atom stereocenters. The molecule has 0 aliphatic heterocycles. The van der Waals surface area contributed by atoms with Crippen LogP contribution in [0.1, 0.15) is 24.3 Å². The first-order chi connectivity index (χ1) is 9.86. The molecular weight excluding hydrogens is 264 g/mol. The van der Waals surface area contributed by atoms with Gasteiger partial charge < -0.3 is 9.88 Å². The molecule has 0 aliphatic carbocycles. The minimum absolute atomic E-state index is 0.384. The molecule has 3 rings (SSSR count). The van der Waals surface area contributed by atoms with Crippen LogP contribution in [0.5, 0.6) is 0 Å². The zero-order valence-electron chi connectivity index (χ0n) is 11.5. The third-order valence-electron chi connectivity index (χ3n) is 3.38. The topological polar surface area (TPSA) is 17.0 Å². The third-order valence-corrected chi connectivity index (χ3v) is 4.37. The summed E-state index contributed by atoms with van der Waals surface area (Å²) < 4.78 is 2.12. The first-order valence-electron chi connectivity index (χ1n) is 6.90. The van der Waals surface area contributed by atoms with E-state index < -0.39 is 0 Å². The number of rotatable bonds is 5. The standard InChI is InChI=1S/C17H18N2S/c1-2-16(17-9-6-12-20-17)18-14-7-5-8-15(13-14)19-10-3-4-11-19/h3-13,16,18H,2H2,1H3. The lowest BCUT2D eigenvalue weighted by Crippen LogP contribution is -2.08. The average Bonchev–Trinajstić information content (AvgIpc) is 3.17. The Hall–Kier alpha value is -2.00. The van der Waals surface area contributed by atoms with Crippen molar-refractivity contribution in [2.75, 3.05) is 5.32 Å². The minimum atomic E-state index is 0.384. The number of thiophene rings is 1. The highest BCUT2D eigenvalue weighted by Crippen LogP contribution is 2.27. The zero-order valence-corrected chi connectivity index (χ0v) is 12.3. The molecule has 0 spiro atoms. The molecule has 102 valence electrons. The predicted molar refractivity (Wildman–Crippen MR) is 86.7 cm³/mol. The van der Waals surface area contributed by atoms with Crippen LogP contribution in [0.4, 0.5) is 5.69 Å². The van der Waals surface area contributed by atoms with Gasteiger partial charge in [0.15, 0.2) is 0 Å². The molecule has 2 nitrogen and oxygen atoms in total. The Labute approximate surface area is 123 Å². The first kappa shape index (κ1) is 13.0. The van der Waals surface area contributed by atoms with Crippen LogP contribution >= 0.6 is 11.3 Å². The molecule has 1 atom stereocenters. The van der Waals surface area contributed by atoms with E-state index in [9.17, 15) is 0 Å². The lowest BCUT2D eigenvalue weighted by atomic mass is 10.1. The molecular formula is C17H18N2S. The second kappa shape index (κ2) is 5.97. The van der Waals surface area contributed by atoms with Gasteiger partial charge in [-0.05, 0) is 48.2 Å². The lowest BCUT2D eigenvalue weighted by Gasteiger charge is -2.17. The smallest absolute Gasteiger partial charge is 0.0604 e. The van der Waals surface area contributed by atoms with Gasteiger partial charge in [-0.15, -0.1) is 11.3 Å². The Morgan fingerprint density at radius 3 is 2.65 bits per heavy atom. The van der Waals surface area contributed by atoms with Gasteiger partial charge in [0.2, 0.25) is 0 Å². The molecule has 0 radical (unpaired) electrons. The van der Waals surface area contributed by atoms with Gasteiger partial charge in [-0.25, -0.2) is 0 Å². The molecule has 2 aromatic heterocycles. The van der Waals surface area contributed by atoms with E-state index in [2.05, 4.69) is 71.0 Å². The maximum Gasteiger partial charge on any atom is 0.0604 e. The summed E-state index contributed by atoms with van der Waals surface area (Å²) in [6.45, 7) is 2.22. The summed E-state index contributed by atoms with van der Waals surface area (Å²) in [6, 6.07) is 17.3. The highest BCUT2D eigenvalue weighted by molar-refractivity contribution is 7.10. The summed E-state index contributed by atoms with van der Waals surface area (Å²) in [6.07, 6.45) is 5.21. The minimum Gasteiger partial charge on any atom is -0.377 e. The fourth-order valence-electron chi connectivity index (χ4n) is 2.33. The number of anilines is 1. The molecule has 1 N–H and O–H groups in total. The molecule has 0 fully saturated rings.